The number of nitrogens with one attached hydrogen (secondary N) is 2. The fourth-order valence-corrected chi connectivity index (χ4v) is 4.22. The molecule has 0 saturated heterocycles. The van der Waals surface area contributed by atoms with E-state index in [1.807, 2.05) is 80.6 Å². The maximum absolute atomic E-state index is 12.6. The molecule has 3 aromatic heterocycles. The van der Waals surface area contributed by atoms with Gasteiger partial charge in [0.2, 0.25) is 5.91 Å². The fraction of sp³-hybridized carbons (Fsp3) is 0.125. The Bertz CT molecular complexity index is 1370. The normalized spacial score (nSPS) is 11.1. The first-order valence-electron chi connectivity index (χ1n) is 10.4. The first-order valence-corrected chi connectivity index (χ1v) is 11.4. The molecule has 2 aromatic carbocycles. The zero-order chi connectivity index (χ0) is 22.8. The van der Waals surface area contributed by atoms with Crippen LogP contribution >= 0.6 is 11.8 Å². The molecule has 0 radical (unpaired) electrons. The number of carbonyl (C=O) groups is 1. The number of benzene rings is 2. The molecule has 5 rings (SSSR count). The summed E-state index contributed by atoms with van der Waals surface area (Å²) in [5.41, 5.74) is 5.56. The third-order valence-corrected chi connectivity index (χ3v) is 5.87. The third-order valence-electron chi connectivity index (χ3n) is 5.00. The first kappa shape index (κ1) is 20.9. The van der Waals surface area contributed by atoms with E-state index in [1.54, 1.807) is 4.52 Å². The number of anilines is 1. The number of H-pyrrole nitrogens is 1. The minimum Gasteiger partial charge on any atom is -0.332 e. The highest BCUT2D eigenvalue weighted by molar-refractivity contribution is 7.99. The van der Waals surface area contributed by atoms with Crippen molar-refractivity contribution in [1.29, 1.82) is 0 Å². The van der Waals surface area contributed by atoms with Crippen LogP contribution in [0, 0.1) is 13.8 Å². The van der Waals surface area contributed by atoms with E-state index >= 15 is 0 Å². The van der Waals surface area contributed by atoms with Crippen molar-refractivity contribution in [3.05, 3.63) is 78.1 Å². The van der Waals surface area contributed by atoms with Gasteiger partial charge in [0.1, 0.15) is 0 Å². The molecule has 0 aliphatic heterocycles. The molecule has 0 spiro atoms. The van der Waals surface area contributed by atoms with Crippen molar-refractivity contribution in [3.63, 3.8) is 0 Å². The number of aromatic amines is 1. The number of fused-ring (bicyclic) bond motifs is 1. The standard InChI is InChI=1S/C24H21N7OS/c1-15-13-16(2)31-23(25-15)29-22(30-31)26-19(32)14-33-24-27-20(17-9-5-3-6-10-17)21(28-24)18-11-7-4-8-12-18/h3-13H,14H2,1-2H3,(H,27,28)(H,26,30,32). The quantitative estimate of drug-likeness (QED) is 0.365. The van der Waals surface area contributed by atoms with Crippen molar-refractivity contribution in [2.45, 2.75) is 19.0 Å². The lowest BCUT2D eigenvalue weighted by molar-refractivity contribution is -0.113. The van der Waals surface area contributed by atoms with E-state index < -0.39 is 0 Å². The predicted octanol–water partition coefficient (Wildman–Crippen LogP) is 4.53. The molecular formula is C24H21N7OS. The van der Waals surface area contributed by atoms with Crippen LogP contribution in [-0.4, -0.2) is 41.2 Å². The monoisotopic (exact) mass is 455 g/mol. The zero-order valence-electron chi connectivity index (χ0n) is 18.1. The summed E-state index contributed by atoms with van der Waals surface area (Å²) in [6.45, 7) is 3.82. The van der Waals surface area contributed by atoms with E-state index in [4.69, 9.17) is 4.98 Å². The third kappa shape index (κ3) is 4.49. The summed E-state index contributed by atoms with van der Waals surface area (Å²) in [5, 5.41) is 7.74. The van der Waals surface area contributed by atoms with Gasteiger partial charge in [-0.1, -0.05) is 72.4 Å². The van der Waals surface area contributed by atoms with Gasteiger partial charge >= 0.3 is 0 Å². The largest absolute Gasteiger partial charge is 0.332 e. The summed E-state index contributed by atoms with van der Waals surface area (Å²) in [4.78, 5) is 29.4. The fourth-order valence-electron chi connectivity index (χ4n) is 3.55. The van der Waals surface area contributed by atoms with Crippen molar-refractivity contribution < 1.29 is 4.79 Å². The summed E-state index contributed by atoms with van der Waals surface area (Å²) in [7, 11) is 0. The molecule has 0 saturated carbocycles. The van der Waals surface area contributed by atoms with Crippen LogP contribution in [0.25, 0.3) is 28.3 Å². The number of nitrogens with zero attached hydrogens (tertiary/aromatic N) is 5. The molecule has 0 bridgehead atoms. The van der Waals surface area contributed by atoms with Gasteiger partial charge in [0.15, 0.2) is 5.16 Å². The molecule has 0 fully saturated rings. The molecule has 8 nitrogen and oxygen atoms in total. The van der Waals surface area contributed by atoms with Crippen LogP contribution in [0.2, 0.25) is 0 Å². The van der Waals surface area contributed by atoms with Crippen molar-refractivity contribution in [1.82, 2.24) is 29.5 Å². The molecule has 3 heterocycles. The molecule has 0 aliphatic carbocycles. The second kappa shape index (κ2) is 8.87. The zero-order valence-corrected chi connectivity index (χ0v) is 18.9. The summed E-state index contributed by atoms with van der Waals surface area (Å²) < 4.78 is 1.61. The number of carbonyl (C=O) groups excluding carboxylic acids is 1. The predicted molar refractivity (Wildman–Crippen MR) is 129 cm³/mol. The van der Waals surface area contributed by atoms with Crippen LogP contribution in [-0.2, 0) is 4.79 Å². The maximum atomic E-state index is 12.6. The Kier molecular flexibility index (Phi) is 5.62. The Morgan fingerprint density at radius 2 is 1.67 bits per heavy atom. The number of aromatic nitrogens is 6. The summed E-state index contributed by atoms with van der Waals surface area (Å²) >= 11 is 1.33. The lowest BCUT2D eigenvalue weighted by Crippen LogP contribution is -2.15. The lowest BCUT2D eigenvalue weighted by atomic mass is 10.1. The molecule has 0 unspecified atom stereocenters. The highest BCUT2D eigenvalue weighted by atomic mass is 32.2. The minimum atomic E-state index is -0.218. The van der Waals surface area contributed by atoms with Crippen LogP contribution in [0.1, 0.15) is 11.4 Å². The average Bonchev–Trinajstić information content (AvgIpc) is 3.43. The smallest absolute Gasteiger partial charge is 0.254 e. The van der Waals surface area contributed by atoms with E-state index in [0.717, 1.165) is 33.9 Å². The van der Waals surface area contributed by atoms with Gasteiger partial charge in [-0.2, -0.15) is 9.50 Å². The molecule has 33 heavy (non-hydrogen) atoms. The van der Waals surface area contributed by atoms with E-state index in [9.17, 15) is 4.79 Å². The molecule has 0 aliphatic rings. The number of rotatable bonds is 6. The SMILES string of the molecule is Cc1cc(C)n2nc(NC(=O)CSc3nc(-c4ccccc4)c(-c4ccccc4)[nH]3)nc2n1. The minimum absolute atomic E-state index is 0.164. The molecule has 1 amide bonds. The number of amides is 1. The van der Waals surface area contributed by atoms with Crippen LogP contribution in [0.15, 0.2) is 71.9 Å². The second-order valence-electron chi connectivity index (χ2n) is 7.52. The second-order valence-corrected chi connectivity index (χ2v) is 8.48. The van der Waals surface area contributed by atoms with Gasteiger partial charge in [-0.3, -0.25) is 10.1 Å². The van der Waals surface area contributed by atoms with E-state index in [-0.39, 0.29) is 17.6 Å². The summed E-state index contributed by atoms with van der Waals surface area (Å²) in [6, 6.07) is 21.9. The Labute approximate surface area is 194 Å². The van der Waals surface area contributed by atoms with Gasteiger partial charge in [-0.25, -0.2) is 9.97 Å². The van der Waals surface area contributed by atoms with Crippen LogP contribution in [0.5, 0.6) is 0 Å². The number of hydrogen-bond donors (Lipinski definition) is 2. The summed E-state index contributed by atoms with van der Waals surface area (Å²) in [5.74, 6) is 0.638. The van der Waals surface area contributed by atoms with Crippen molar-refractivity contribution >= 4 is 29.4 Å². The van der Waals surface area contributed by atoms with Crippen LogP contribution < -0.4 is 5.32 Å². The molecule has 2 N–H and O–H groups in total. The summed E-state index contributed by atoms with van der Waals surface area (Å²) in [6.07, 6.45) is 0. The molecule has 9 heteroatoms. The molecule has 164 valence electrons. The van der Waals surface area contributed by atoms with Gasteiger partial charge in [0, 0.05) is 22.5 Å². The Morgan fingerprint density at radius 1 is 0.970 bits per heavy atom. The van der Waals surface area contributed by atoms with Crippen molar-refractivity contribution in [2.75, 3.05) is 11.1 Å². The lowest BCUT2D eigenvalue weighted by Gasteiger charge is -2.02. The molecule has 0 atom stereocenters. The van der Waals surface area contributed by atoms with Gasteiger partial charge in [0.25, 0.3) is 11.7 Å². The van der Waals surface area contributed by atoms with Crippen molar-refractivity contribution in [2.24, 2.45) is 0 Å². The highest BCUT2D eigenvalue weighted by Crippen LogP contribution is 2.32. The Hall–Kier alpha value is -3.98. The van der Waals surface area contributed by atoms with Crippen molar-refractivity contribution in [3.8, 4) is 22.5 Å². The highest BCUT2D eigenvalue weighted by Gasteiger charge is 2.16. The number of thioether (sulfide) groups is 1. The van der Waals surface area contributed by atoms with Gasteiger partial charge < -0.3 is 4.98 Å². The van der Waals surface area contributed by atoms with Gasteiger partial charge in [-0.15, -0.1) is 5.10 Å². The number of aryl methyl sites for hydroxylation is 2. The Balaban J connectivity index is 1.34. The van der Waals surface area contributed by atoms with E-state index in [1.165, 1.54) is 11.8 Å². The van der Waals surface area contributed by atoms with Crippen LogP contribution in [0.3, 0.4) is 0 Å². The first-order chi connectivity index (χ1) is 16.1. The number of hydrogen-bond acceptors (Lipinski definition) is 6. The van der Waals surface area contributed by atoms with E-state index in [0.29, 0.717) is 10.9 Å². The topological polar surface area (TPSA) is 101 Å². The maximum Gasteiger partial charge on any atom is 0.254 e. The van der Waals surface area contributed by atoms with E-state index in [2.05, 4.69) is 25.4 Å². The number of imidazole rings is 1. The van der Waals surface area contributed by atoms with Gasteiger partial charge in [0.05, 0.1) is 17.1 Å². The molecule has 5 aromatic rings. The van der Waals surface area contributed by atoms with Gasteiger partial charge in [-0.05, 0) is 19.9 Å². The average molecular weight is 456 g/mol. The molecular weight excluding hydrogens is 434 g/mol. The van der Waals surface area contributed by atoms with Crippen LogP contribution in [0.4, 0.5) is 5.95 Å². The Morgan fingerprint density at radius 3 is 2.39 bits per heavy atom.